The molecule has 0 amide bonds. The lowest BCUT2D eigenvalue weighted by Gasteiger charge is -1.88. The van der Waals surface area contributed by atoms with Gasteiger partial charge >= 0.3 is 0 Å². The Hall–Kier alpha value is -1.36. The molecular weight excluding hydrogens is 176 g/mol. The van der Waals surface area contributed by atoms with Gasteiger partial charge in [-0.15, -0.1) is 11.3 Å². The van der Waals surface area contributed by atoms with E-state index in [0.717, 1.165) is 11.8 Å². The van der Waals surface area contributed by atoms with E-state index in [-0.39, 0.29) is 5.84 Å². The lowest BCUT2D eigenvalue weighted by atomic mass is 10.3. The minimum Gasteiger partial charge on any atom is -0.409 e. The van der Waals surface area contributed by atoms with Crippen molar-refractivity contribution in [3.8, 4) is 0 Å². The summed E-state index contributed by atoms with van der Waals surface area (Å²) < 4.78 is 0. The molecule has 64 valence electrons. The van der Waals surface area contributed by atoms with Crippen LogP contribution in [0.4, 0.5) is 0 Å². The van der Waals surface area contributed by atoms with Crippen LogP contribution in [0.1, 0.15) is 20.1 Å². The number of carbonyl (C=O) groups is 1. The summed E-state index contributed by atoms with van der Waals surface area (Å²) in [6, 6.07) is 1.71. The fourth-order valence-electron chi connectivity index (χ4n) is 0.789. The molecule has 0 radical (unpaired) electrons. The SMILES string of the molecule is Cc1cc(/C(N)=N/O)sc1C=O. The monoisotopic (exact) mass is 184 g/mol. The maximum absolute atomic E-state index is 10.4. The molecule has 12 heavy (non-hydrogen) atoms. The number of amidine groups is 1. The van der Waals surface area contributed by atoms with E-state index in [9.17, 15) is 4.79 Å². The fraction of sp³-hybridized carbons (Fsp3) is 0.143. The third-order valence-electron chi connectivity index (χ3n) is 1.42. The summed E-state index contributed by atoms with van der Waals surface area (Å²) in [6.07, 6.45) is 0.758. The second-order valence-corrected chi connectivity index (χ2v) is 3.34. The van der Waals surface area contributed by atoms with Crippen LogP contribution in [-0.4, -0.2) is 17.3 Å². The van der Waals surface area contributed by atoms with Crippen molar-refractivity contribution < 1.29 is 10.0 Å². The zero-order valence-electron chi connectivity index (χ0n) is 6.44. The first-order valence-corrected chi connectivity index (χ1v) is 4.04. The van der Waals surface area contributed by atoms with E-state index in [1.165, 1.54) is 11.3 Å². The van der Waals surface area contributed by atoms with Crippen LogP contribution in [-0.2, 0) is 0 Å². The van der Waals surface area contributed by atoms with E-state index < -0.39 is 0 Å². The van der Waals surface area contributed by atoms with Gasteiger partial charge in [0.15, 0.2) is 12.1 Å². The van der Waals surface area contributed by atoms with Crippen molar-refractivity contribution in [1.82, 2.24) is 0 Å². The normalized spacial score (nSPS) is 11.6. The van der Waals surface area contributed by atoms with Gasteiger partial charge in [-0.05, 0) is 18.6 Å². The number of carbonyl (C=O) groups excluding carboxylic acids is 1. The number of aldehydes is 1. The summed E-state index contributed by atoms with van der Waals surface area (Å²) >= 11 is 1.21. The number of hydrogen-bond donors (Lipinski definition) is 2. The van der Waals surface area contributed by atoms with Crippen molar-refractivity contribution in [2.75, 3.05) is 0 Å². The highest BCUT2D eigenvalue weighted by atomic mass is 32.1. The van der Waals surface area contributed by atoms with Crippen LogP contribution in [0, 0.1) is 6.92 Å². The molecule has 0 aromatic carbocycles. The molecule has 0 saturated carbocycles. The third kappa shape index (κ3) is 1.45. The lowest BCUT2D eigenvalue weighted by molar-refractivity contribution is 0.112. The second kappa shape index (κ2) is 3.36. The minimum absolute atomic E-state index is 0.0381. The predicted molar refractivity (Wildman–Crippen MR) is 47.0 cm³/mol. The van der Waals surface area contributed by atoms with Crippen LogP contribution in [0.25, 0.3) is 0 Å². The largest absolute Gasteiger partial charge is 0.409 e. The molecule has 4 nitrogen and oxygen atoms in total. The molecule has 0 aliphatic rings. The molecule has 0 saturated heterocycles. The Morgan fingerprint density at radius 1 is 1.83 bits per heavy atom. The van der Waals surface area contributed by atoms with E-state index in [2.05, 4.69) is 5.16 Å². The van der Waals surface area contributed by atoms with Gasteiger partial charge in [-0.25, -0.2) is 0 Å². The van der Waals surface area contributed by atoms with Gasteiger partial charge in [0.05, 0.1) is 9.75 Å². The lowest BCUT2D eigenvalue weighted by Crippen LogP contribution is -2.10. The summed E-state index contributed by atoms with van der Waals surface area (Å²) in [7, 11) is 0. The van der Waals surface area contributed by atoms with Gasteiger partial charge in [-0.2, -0.15) is 0 Å². The Bertz CT molecular complexity index is 330. The van der Waals surface area contributed by atoms with Crippen molar-refractivity contribution in [1.29, 1.82) is 0 Å². The van der Waals surface area contributed by atoms with Gasteiger partial charge in [0.25, 0.3) is 0 Å². The van der Waals surface area contributed by atoms with Gasteiger partial charge in [0.1, 0.15) is 0 Å². The molecular formula is C7H8N2O2S. The van der Waals surface area contributed by atoms with Gasteiger partial charge in [0.2, 0.25) is 0 Å². The number of nitrogens with zero attached hydrogens (tertiary/aromatic N) is 1. The summed E-state index contributed by atoms with van der Waals surface area (Å²) in [6.45, 7) is 1.80. The molecule has 1 aromatic rings. The Morgan fingerprint density at radius 3 is 2.92 bits per heavy atom. The fourth-order valence-corrected chi connectivity index (χ4v) is 1.67. The standard InChI is InChI=1S/C7H8N2O2S/c1-4-2-5(7(8)9-11)12-6(4)3-10/h2-3,11H,1H3,(H2,8,9). The smallest absolute Gasteiger partial charge is 0.180 e. The zero-order chi connectivity index (χ0) is 9.14. The van der Waals surface area contributed by atoms with E-state index in [4.69, 9.17) is 10.9 Å². The second-order valence-electron chi connectivity index (χ2n) is 2.26. The van der Waals surface area contributed by atoms with Crippen LogP contribution in [0.3, 0.4) is 0 Å². The molecule has 0 spiro atoms. The molecule has 1 aromatic heterocycles. The van der Waals surface area contributed by atoms with E-state index in [1.807, 2.05) is 0 Å². The summed E-state index contributed by atoms with van der Waals surface area (Å²) in [5.74, 6) is 0.0381. The number of hydrogen-bond acceptors (Lipinski definition) is 4. The Kier molecular flexibility index (Phi) is 2.44. The average molecular weight is 184 g/mol. The number of thiophene rings is 1. The highest BCUT2D eigenvalue weighted by molar-refractivity contribution is 7.15. The number of aryl methyl sites for hydroxylation is 1. The molecule has 5 heteroatoms. The molecule has 1 heterocycles. The summed E-state index contributed by atoms with van der Waals surface area (Å²) in [4.78, 5) is 11.6. The first-order valence-electron chi connectivity index (χ1n) is 3.22. The molecule has 0 bridgehead atoms. The van der Waals surface area contributed by atoms with Gasteiger partial charge < -0.3 is 10.9 Å². The van der Waals surface area contributed by atoms with Crippen molar-refractivity contribution in [2.24, 2.45) is 10.9 Å². The summed E-state index contributed by atoms with van der Waals surface area (Å²) in [5, 5.41) is 11.2. The van der Waals surface area contributed by atoms with E-state index in [0.29, 0.717) is 9.75 Å². The Labute approximate surface area is 73.3 Å². The highest BCUT2D eigenvalue weighted by Gasteiger charge is 2.07. The first-order chi connectivity index (χ1) is 5.69. The van der Waals surface area contributed by atoms with Crippen molar-refractivity contribution in [3.05, 3.63) is 21.4 Å². The van der Waals surface area contributed by atoms with Crippen molar-refractivity contribution in [2.45, 2.75) is 6.92 Å². The first kappa shape index (κ1) is 8.73. The van der Waals surface area contributed by atoms with Gasteiger partial charge in [-0.1, -0.05) is 5.16 Å². The Morgan fingerprint density at radius 2 is 2.50 bits per heavy atom. The van der Waals surface area contributed by atoms with Crippen molar-refractivity contribution >= 4 is 23.5 Å². The number of nitrogens with two attached hydrogens (primary N) is 1. The van der Waals surface area contributed by atoms with Crippen LogP contribution >= 0.6 is 11.3 Å². The number of oxime groups is 1. The van der Waals surface area contributed by atoms with Crippen LogP contribution in [0.15, 0.2) is 11.2 Å². The zero-order valence-corrected chi connectivity index (χ0v) is 7.26. The minimum atomic E-state index is 0.0381. The number of rotatable bonds is 2. The molecule has 1 rings (SSSR count). The molecule has 0 fully saturated rings. The van der Waals surface area contributed by atoms with Crippen LogP contribution in [0.5, 0.6) is 0 Å². The molecule has 0 atom stereocenters. The van der Waals surface area contributed by atoms with E-state index >= 15 is 0 Å². The average Bonchev–Trinajstić information content (AvgIpc) is 2.45. The molecule has 3 N–H and O–H groups in total. The van der Waals surface area contributed by atoms with Crippen molar-refractivity contribution in [3.63, 3.8) is 0 Å². The van der Waals surface area contributed by atoms with Crippen LogP contribution in [0.2, 0.25) is 0 Å². The predicted octanol–water partition coefficient (Wildman–Crippen LogP) is 0.964. The Balaban J connectivity index is 3.13. The highest BCUT2D eigenvalue weighted by Crippen LogP contribution is 2.19. The maximum Gasteiger partial charge on any atom is 0.180 e. The summed E-state index contributed by atoms with van der Waals surface area (Å²) in [5.41, 5.74) is 6.17. The van der Waals surface area contributed by atoms with E-state index in [1.54, 1.807) is 13.0 Å². The van der Waals surface area contributed by atoms with Gasteiger partial charge in [-0.3, -0.25) is 4.79 Å². The van der Waals surface area contributed by atoms with Crippen LogP contribution < -0.4 is 5.73 Å². The van der Waals surface area contributed by atoms with Gasteiger partial charge in [0, 0.05) is 0 Å². The molecule has 0 aliphatic heterocycles. The molecule has 0 aliphatic carbocycles. The third-order valence-corrected chi connectivity index (χ3v) is 2.61. The maximum atomic E-state index is 10.4. The molecule has 0 unspecified atom stereocenters. The quantitative estimate of drug-likeness (QED) is 0.236. The topological polar surface area (TPSA) is 75.7 Å².